The van der Waals surface area contributed by atoms with Crippen LogP contribution in [0.4, 0.5) is 17.1 Å². The summed E-state index contributed by atoms with van der Waals surface area (Å²) in [7, 11) is -3.88. The van der Waals surface area contributed by atoms with E-state index in [1.807, 2.05) is 60.7 Å². The molecule has 0 spiro atoms. The number of nitrogens with two attached hydrogens (primary N) is 1. The molecule has 0 heterocycles. The standard InChI is InChI=1S/C25H21N3O4S/c26-33(30,31)22-13-7-9-19(17-22)28-25(29)23-14-4-5-15-24(23)27-18-8-6-12-21(16-18)32-20-10-2-1-3-11-20/h1-17,27H,(H,28,29)(H2,26,30,31). The monoisotopic (exact) mass is 459 g/mol. The molecule has 0 unspecified atom stereocenters. The number of hydrogen-bond donors (Lipinski definition) is 3. The predicted molar refractivity (Wildman–Crippen MR) is 128 cm³/mol. The van der Waals surface area contributed by atoms with Crippen molar-refractivity contribution >= 4 is 33.0 Å². The summed E-state index contributed by atoms with van der Waals surface area (Å²) in [5.41, 5.74) is 2.02. The van der Waals surface area contributed by atoms with Crippen LogP contribution < -0.4 is 20.5 Å². The lowest BCUT2D eigenvalue weighted by Gasteiger charge is -2.14. The molecule has 0 atom stereocenters. The molecule has 0 aromatic heterocycles. The van der Waals surface area contributed by atoms with Crippen LogP contribution in [-0.2, 0) is 10.0 Å². The Bertz CT molecular complexity index is 1390. The van der Waals surface area contributed by atoms with Gasteiger partial charge in [0.05, 0.1) is 16.1 Å². The van der Waals surface area contributed by atoms with Gasteiger partial charge in [0.1, 0.15) is 11.5 Å². The van der Waals surface area contributed by atoms with Gasteiger partial charge >= 0.3 is 0 Å². The number of rotatable bonds is 7. The number of nitrogens with one attached hydrogen (secondary N) is 2. The first kappa shape index (κ1) is 22.1. The zero-order valence-corrected chi connectivity index (χ0v) is 18.3. The molecule has 0 saturated heterocycles. The van der Waals surface area contributed by atoms with Gasteiger partial charge in [-0.15, -0.1) is 0 Å². The molecule has 0 radical (unpaired) electrons. The summed E-state index contributed by atoms with van der Waals surface area (Å²) >= 11 is 0. The molecule has 0 aliphatic rings. The summed E-state index contributed by atoms with van der Waals surface area (Å²) in [6.45, 7) is 0. The number of benzene rings is 4. The van der Waals surface area contributed by atoms with Gasteiger partial charge in [-0.3, -0.25) is 4.79 Å². The Hall–Kier alpha value is -4.14. The van der Waals surface area contributed by atoms with Crippen molar-refractivity contribution in [3.8, 4) is 11.5 Å². The Balaban J connectivity index is 1.53. The fraction of sp³-hybridized carbons (Fsp3) is 0. The summed E-state index contributed by atoms with van der Waals surface area (Å²) in [5.74, 6) is 0.963. The van der Waals surface area contributed by atoms with Crippen molar-refractivity contribution in [2.75, 3.05) is 10.6 Å². The third kappa shape index (κ3) is 5.76. The van der Waals surface area contributed by atoms with Crippen molar-refractivity contribution in [1.29, 1.82) is 0 Å². The number of ether oxygens (including phenoxy) is 1. The van der Waals surface area contributed by atoms with Crippen molar-refractivity contribution in [2.24, 2.45) is 5.14 Å². The molecule has 1 amide bonds. The van der Waals surface area contributed by atoms with Crippen molar-refractivity contribution in [1.82, 2.24) is 0 Å². The normalized spacial score (nSPS) is 10.9. The molecular formula is C25H21N3O4S. The van der Waals surface area contributed by atoms with Crippen LogP contribution in [0.5, 0.6) is 11.5 Å². The zero-order chi connectivity index (χ0) is 23.3. The van der Waals surface area contributed by atoms with Gasteiger partial charge in [0.2, 0.25) is 10.0 Å². The quantitative estimate of drug-likeness (QED) is 0.355. The number of para-hydroxylation sites is 2. The van der Waals surface area contributed by atoms with Gasteiger partial charge in [-0.2, -0.15) is 0 Å². The summed E-state index contributed by atoms with van der Waals surface area (Å²) in [5, 5.41) is 11.1. The average molecular weight is 460 g/mol. The van der Waals surface area contributed by atoms with E-state index in [0.29, 0.717) is 22.7 Å². The first-order valence-electron chi connectivity index (χ1n) is 10.0. The van der Waals surface area contributed by atoms with Gasteiger partial charge in [0.25, 0.3) is 5.91 Å². The summed E-state index contributed by atoms with van der Waals surface area (Å²) < 4.78 is 29.0. The third-order valence-corrected chi connectivity index (χ3v) is 5.60. The SMILES string of the molecule is NS(=O)(=O)c1cccc(NC(=O)c2ccccc2Nc2cccc(Oc3ccccc3)c2)c1. The molecule has 4 N–H and O–H groups in total. The topological polar surface area (TPSA) is 111 Å². The van der Waals surface area contributed by atoms with Gasteiger partial charge in [-0.25, -0.2) is 13.6 Å². The van der Waals surface area contributed by atoms with E-state index in [1.165, 1.54) is 18.2 Å². The van der Waals surface area contributed by atoms with Crippen LogP contribution >= 0.6 is 0 Å². The Morgan fingerprint density at radius 1 is 0.727 bits per heavy atom. The molecule has 4 rings (SSSR count). The highest BCUT2D eigenvalue weighted by Crippen LogP contribution is 2.27. The largest absolute Gasteiger partial charge is 0.457 e. The Kier molecular flexibility index (Phi) is 6.39. The van der Waals surface area contributed by atoms with Crippen molar-refractivity contribution in [2.45, 2.75) is 4.90 Å². The molecule has 7 nitrogen and oxygen atoms in total. The Morgan fingerprint density at radius 2 is 1.39 bits per heavy atom. The summed E-state index contributed by atoms with van der Waals surface area (Å²) in [6.07, 6.45) is 0. The maximum atomic E-state index is 12.9. The van der Waals surface area contributed by atoms with Crippen LogP contribution in [0.2, 0.25) is 0 Å². The maximum absolute atomic E-state index is 12.9. The number of anilines is 3. The molecule has 0 bridgehead atoms. The van der Waals surface area contributed by atoms with Crippen LogP contribution in [-0.4, -0.2) is 14.3 Å². The van der Waals surface area contributed by atoms with E-state index in [9.17, 15) is 13.2 Å². The fourth-order valence-electron chi connectivity index (χ4n) is 3.16. The highest BCUT2D eigenvalue weighted by Gasteiger charge is 2.14. The molecular weight excluding hydrogens is 438 g/mol. The van der Waals surface area contributed by atoms with E-state index < -0.39 is 15.9 Å². The number of primary sulfonamides is 1. The molecule has 8 heteroatoms. The maximum Gasteiger partial charge on any atom is 0.257 e. The second-order valence-electron chi connectivity index (χ2n) is 7.14. The van der Waals surface area contributed by atoms with E-state index in [4.69, 9.17) is 9.88 Å². The first-order valence-corrected chi connectivity index (χ1v) is 11.6. The molecule has 0 fully saturated rings. The Labute approximate surface area is 191 Å². The smallest absolute Gasteiger partial charge is 0.257 e. The molecule has 0 aliphatic carbocycles. The number of carbonyl (C=O) groups excluding carboxylic acids is 1. The lowest BCUT2D eigenvalue weighted by Crippen LogP contribution is -2.15. The van der Waals surface area contributed by atoms with Crippen LogP contribution in [0.1, 0.15) is 10.4 Å². The lowest BCUT2D eigenvalue weighted by molar-refractivity contribution is 0.102. The van der Waals surface area contributed by atoms with Gasteiger partial charge in [0.15, 0.2) is 0 Å². The van der Waals surface area contributed by atoms with Gasteiger partial charge in [-0.1, -0.05) is 42.5 Å². The van der Waals surface area contributed by atoms with E-state index in [1.54, 1.807) is 24.3 Å². The number of carbonyl (C=O) groups is 1. The van der Waals surface area contributed by atoms with E-state index >= 15 is 0 Å². The number of amides is 1. The molecule has 166 valence electrons. The molecule has 33 heavy (non-hydrogen) atoms. The summed E-state index contributed by atoms with van der Waals surface area (Å²) in [6, 6.07) is 29.6. The average Bonchev–Trinajstić information content (AvgIpc) is 2.80. The first-order chi connectivity index (χ1) is 15.9. The van der Waals surface area contributed by atoms with Crippen LogP contribution in [0.3, 0.4) is 0 Å². The van der Waals surface area contributed by atoms with Gasteiger partial charge in [-0.05, 0) is 54.6 Å². The van der Waals surface area contributed by atoms with Crippen molar-refractivity contribution < 1.29 is 17.9 Å². The summed E-state index contributed by atoms with van der Waals surface area (Å²) in [4.78, 5) is 12.9. The zero-order valence-electron chi connectivity index (χ0n) is 17.4. The minimum Gasteiger partial charge on any atom is -0.457 e. The second kappa shape index (κ2) is 9.56. The fourth-order valence-corrected chi connectivity index (χ4v) is 3.72. The predicted octanol–water partition coefficient (Wildman–Crippen LogP) is 5.12. The van der Waals surface area contributed by atoms with Gasteiger partial charge < -0.3 is 15.4 Å². The van der Waals surface area contributed by atoms with E-state index in [-0.39, 0.29) is 4.90 Å². The lowest BCUT2D eigenvalue weighted by atomic mass is 10.1. The van der Waals surface area contributed by atoms with Crippen LogP contribution in [0.15, 0.2) is 108 Å². The minimum absolute atomic E-state index is 0.0815. The van der Waals surface area contributed by atoms with Crippen molar-refractivity contribution in [3.63, 3.8) is 0 Å². The van der Waals surface area contributed by atoms with Crippen LogP contribution in [0.25, 0.3) is 0 Å². The van der Waals surface area contributed by atoms with Crippen LogP contribution in [0, 0.1) is 0 Å². The molecule has 4 aromatic carbocycles. The number of hydrogen-bond acceptors (Lipinski definition) is 5. The molecule has 0 saturated carbocycles. The highest BCUT2D eigenvalue weighted by molar-refractivity contribution is 7.89. The second-order valence-corrected chi connectivity index (χ2v) is 8.70. The minimum atomic E-state index is -3.88. The third-order valence-electron chi connectivity index (χ3n) is 4.68. The van der Waals surface area contributed by atoms with Gasteiger partial charge in [0, 0.05) is 17.4 Å². The van der Waals surface area contributed by atoms with E-state index in [2.05, 4.69) is 10.6 Å². The van der Waals surface area contributed by atoms with E-state index in [0.717, 1.165) is 11.4 Å². The number of sulfonamides is 1. The molecule has 0 aliphatic heterocycles. The van der Waals surface area contributed by atoms with Crippen molar-refractivity contribution in [3.05, 3.63) is 109 Å². The Morgan fingerprint density at radius 3 is 2.18 bits per heavy atom. The highest BCUT2D eigenvalue weighted by atomic mass is 32.2. The molecule has 4 aromatic rings.